The fourth-order valence-corrected chi connectivity index (χ4v) is 2.33. The number of hydrogen-bond donors (Lipinski definition) is 2. The number of rotatable bonds is 3. The van der Waals surface area contributed by atoms with E-state index in [0.29, 0.717) is 12.0 Å². The molecule has 1 fully saturated rings. The smallest absolute Gasteiger partial charge is 0.318 e. The number of primary amides is 1. The minimum atomic E-state index is -0.566. The SMILES string of the molecule is CCN1CCC(n2ccnc2NC(N)=O)CC1. The molecule has 94 valence electrons. The van der Waals surface area contributed by atoms with Gasteiger partial charge in [0.05, 0.1) is 0 Å². The van der Waals surface area contributed by atoms with Crippen molar-refractivity contribution in [1.82, 2.24) is 14.5 Å². The Kier molecular flexibility index (Phi) is 3.63. The van der Waals surface area contributed by atoms with Crippen molar-refractivity contribution >= 4 is 12.0 Å². The molecule has 2 rings (SSSR count). The first-order valence-electron chi connectivity index (χ1n) is 6.02. The lowest BCUT2D eigenvalue weighted by molar-refractivity contribution is 0.195. The van der Waals surface area contributed by atoms with Crippen LogP contribution in [-0.4, -0.2) is 40.1 Å². The van der Waals surface area contributed by atoms with E-state index in [-0.39, 0.29) is 0 Å². The van der Waals surface area contributed by atoms with Crippen LogP contribution < -0.4 is 11.1 Å². The van der Waals surface area contributed by atoms with Crippen molar-refractivity contribution in [1.29, 1.82) is 0 Å². The molecule has 0 bridgehead atoms. The molecule has 0 aromatic carbocycles. The molecule has 17 heavy (non-hydrogen) atoms. The zero-order chi connectivity index (χ0) is 12.3. The Bertz CT molecular complexity index is 381. The summed E-state index contributed by atoms with van der Waals surface area (Å²) < 4.78 is 2.01. The summed E-state index contributed by atoms with van der Waals surface area (Å²) in [6, 6.07) is -0.161. The highest BCUT2D eigenvalue weighted by atomic mass is 16.2. The van der Waals surface area contributed by atoms with Gasteiger partial charge in [0.15, 0.2) is 0 Å². The van der Waals surface area contributed by atoms with Crippen LogP contribution in [-0.2, 0) is 0 Å². The highest BCUT2D eigenvalue weighted by molar-refractivity contribution is 5.85. The topological polar surface area (TPSA) is 76.2 Å². The number of carbonyl (C=O) groups excluding carboxylic acids is 1. The summed E-state index contributed by atoms with van der Waals surface area (Å²) in [5, 5.41) is 2.55. The van der Waals surface area contributed by atoms with Crippen molar-refractivity contribution in [2.45, 2.75) is 25.8 Å². The number of imidazole rings is 1. The molecule has 0 unspecified atom stereocenters. The first kappa shape index (κ1) is 11.9. The predicted octanol–water partition coefficient (Wildman–Crippen LogP) is 1.03. The van der Waals surface area contributed by atoms with E-state index < -0.39 is 6.03 Å². The molecule has 0 saturated carbocycles. The molecule has 1 aliphatic heterocycles. The van der Waals surface area contributed by atoms with Gasteiger partial charge in [0.25, 0.3) is 0 Å². The van der Waals surface area contributed by atoms with Gasteiger partial charge >= 0.3 is 6.03 Å². The van der Waals surface area contributed by atoms with E-state index in [1.165, 1.54) is 0 Å². The van der Waals surface area contributed by atoms with Crippen molar-refractivity contribution in [3.63, 3.8) is 0 Å². The summed E-state index contributed by atoms with van der Waals surface area (Å²) in [4.78, 5) is 17.4. The van der Waals surface area contributed by atoms with Crippen molar-refractivity contribution in [3.8, 4) is 0 Å². The normalized spacial score (nSPS) is 18.2. The molecule has 1 saturated heterocycles. The van der Waals surface area contributed by atoms with E-state index in [4.69, 9.17) is 5.73 Å². The average Bonchev–Trinajstić information content (AvgIpc) is 2.76. The Morgan fingerprint density at radius 3 is 2.88 bits per heavy atom. The molecule has 0 radical (unpaired) electrons. The lowest BCUT2D eigenvalue weighted by Gasteiger charge is -2.32. The predicted molar refractivity (Wildman–Crippen MR) is 65.8 cm³/mol. The molecule has 1 aromatic heterocycles. The third-order valence-electron chi connectivity index (χ3n) is 3.30. The Labute approximate surface area is 101 Å². The summed E-state index contributed by atoms with van der Waals surface area (Å²) in [5.74, 6) is 0.549. The molecule has 2 amide bonds. The summed E-state index contributed by atoms with van der Waals surface area (Å²) >= 11 is 0. The van der Waals surface area contributed by atoms with Crippen LogP contribution in [0.3, 0.4) is 0 Å². The number of nitrogens with one attached hydrogen (secondary N) is 1. The summed E-state index contributed by atoms with van der Waals surface area (Å²) in [6.07, 6.45) is 5.75. The number of amides is 2. The van der Waals surface area contributed by atoms with E-state index in [1.807, 2.05) is 10.8 Å². The number of aromatic nitrogens is 2. The second-order valence-electron chi connectivity index (χ2n) is 4.31. The van der Waals surface area contributed by atoms with Crippen LogP contribution in [0, 0.1) is 0 Å². The molecule has 6 nitrogen and oxygen atoms in total. The lowest BCUT2D eigenvalue weighted by Crippen LogP contribution is -2.34. The zero-order valence-electron chi connectivity index (χ0n) is 10.1. The number of carbonyl (C=O) groups is 1. The van der Waals surface area contributed by atoms with Crippen molar-refractivity contribution in [2.75, 3.05) is 25.0 Å². The Hall–Kier alpha value is -1.56. The monoisotopic (exact) mass is 237 g/mol. The third kappa shape index (κ3) is 2.76. The van der Waals surface area contributed by atoms with Crippen LogP contribution in [0.5, 0.6) is 0 Å². The number of nitrogens with two attached hydrogens (primary N) is 1. The third-order valence-corrected chi connectivity index (χ3v) is 3.30. The molecule has 1 aliphatic rings. The van der Waals surface area contributed by atoms with Crippen LogP contribution in [0.25, 0.3) is 0 Å². The number of anilines is 1. The van der Waals surface area contributed by atoms with Gasteiger partial charge in [0.1, 0.15) is 0 Å². The van der Waals surface area contributed by atoms with Gasteiger partial charge < -0.3 is 15.2 Å². The number of likely N-dealkylation sites (tertiary alicyclic amines) is 1. The van der Waals surface area contributed by atoms with Crippen LogP contribution in [0.2, 0.25) is 0 Å². The van der Waals surface area contributed by atoms with Crippen LogP contribution in [0.4, 0.5) is 10.7 Å². The molecule has 6 heteroatoms. The fourth-order valence-electron chi connectivity index (χ4n) is 2.33. The first-order valence-corrected chi connectivity index (χ1v) is 6.02. The number of nitrogens with zero attached hydrogens (tertiary/aromatic N) is 3. The highest BCUT2D eigenvalue weighted by Crippen LogP contribution is 2.25. The maximum absolute atomic E-state index is 10.8. The molecule has 0 aliphatic carbocycles. The minimum Gasteiger partial charge on any atom is -0.351 e. The van der Waals surface area contributed by atoms with E-state index in [1.54, 1.807) is 6.20 Å². The van der Waals surface area contributed by atoms with Crippen molar-refractivity contribution in [3.05, 3.63) is 12.4 Å². The maximum Gasteiger partial charge on any atom is 0.318 e. The molecular weight excluding hydrogens is 218 g/mol. The van der Waals surface area contributed by atoms with Gasteiger partial charge in [-0.15, -0.1) is 0 Å². The maximum atomic E-state index is 10.8. The first-order chi connectivity index (χ1) is 8.20. The highest BCUT2D eigenvalue weighted by Gasteiger charge is 2.21. The standard InChI is InChI=1S/C11H19N5O/c1-2-15-6-3-9(4-7-15)16-8-5-13-11(16)14-10(12)17/h5,8-9H,2-4,6-7H2,1H3,(H3,12,13,14,17). The number of hydrogen-bond acceptors (Lipinski definition) is 3. The van der Waals surface area contributed by atoms with Gasteiger partial charge in [-0.05, 0) is 19.4 Å². The fraction of sp³-hybridized carbons (Fsp3) is 0.636. The zero-order valence-corrected chi connectivity index (χ0v) is 10.1. The van der Waals surface area contributed by atoms with Gasteiger partial charge in [0, 0.05) is 31.5 Å². The van der Waals surface area contributed by atoms with Crippen LogP contribution in [0.15, 0.2) is 12.4 Å². The quantitative estimate of drug-likeness (QED) is 0.824. The van der Waals surface area contributed by atoms with Crippen LogP contribution in [0.1, 0.15) is 25.8 Å². The lowest BCUT2D eigenvalue weighted by atomic mass is 10.1. The van der Waals surface area contributed by atoms with Gasteiger partial charge in [-0.25, -0.2) is 9.78 Å². The number of piperidine rings is 1. The van der Waals surface area contributed by atoms with Gasteiger partial charge in [-0.3, -0.25) is 5.32 Å². The molecule has 3 N–H and O–H groups in total. The Balaban J connectivity index is 2.03. The Morgan fingerprint density at radius 2 is 2.29 bits per heavy atom. The minimum absolute atomic E-state index is 0.405. The van der Waals surface area contributed by atoms with E-state index in [0.717, 1.165) is 32.5 Å². The summed E-state index contributed by atoms with van der Waals surface area (Å²) in [5.41, 5.74) is 5.11. The molecular formula is C11H19N5O. The van der Waals surface area contributed by atoms with Crippen molar-refractivity contribution in [2.24, 2.45) is 5.73 Å². The van der Waals surface area contributed by atoms with E-state index in [2.05, 4.69) is 22.1 Å². The van der Waals surface area contributed by atoms with E-state index >= 15 is 0 Å². The van der Waals surface area contributed by atoms with Gasteiger partial charge in [0.2, 0.25) is 5.95 Å². The van der Waals surface area contributed by atoms with Crippen molar-refractivity contribution < 1.29 is 4.79 Å². The van der Waals surface area contributed by atoms with E-state index in [9.17, 15) is 4.79 Å². The van der Waals surface area contributed by atoms with Gasteiger partial charge in [-0.1, -0.05) is 6.92 Å². The molecule has 0 atom stereocenters. The second-order valence-corrected chi connectivity index (χ2v) is 4.31. The summed E-state index contributed by atoms with van der Waals surface area (Å²) in [6.45, 7) is 5.46. The number of urea groups is 1. The molecule has 0 spiro atoms. The van der Waals surface area contributed by atoms with Gasteiger partial charge in [-0.2, -0.15) is 0 Å². The average molecular weight is 237 g/mol. The molecule has 2 heterocycles. The Morgan fingerprint density at radius 1 is 1.59 bits per heavy atom. The largest absolute Gasteiger partial charge is 0.351 e. The summed E-state index contributed by atoms with van der Waals surface area (Å²) in [7, 11) is 0. The van der Waals surface area contributed by atoms with Crippen LogP contribution >= 0.6 is 0 Å². The second kappa shape index (κ2) is 5.18. The molecule has 1 aromatic rings.